The van der Waals surface area contributed by atoms with Gasteiger partial charge in [0.15, 0.2) is 18.2 Å². The monoisotopic (exact) mass is 306 g/mol. The van der Waals surface area contributed by atoms with Crippen LogP contribution >= 0.6 is 0 Å². The Hall–Kier alpha value is -0.490. The molecule has 0 unspecified atom stereocenters. The van der Waals surface area contributed by atoms with Crippen molar-refractivity contribution in [2.24, 2.45) is 7.05 Å². The molecule has 1 heterocycles. The third kappa shape index (κ3) is 4.15. The summed E-state index contributed by atoms with van der Waals surface area (Å²) in [4.78, 5) is 13.4. The number of hydrogen-bond acceptors (Lipinski definition) is 2. The summed E-state index contributed by atoms with van der Waals surface area (Å²) in [5.41, 5.74) is 0.763. The molecule has 0 bridgehead atoms. The number of ketones is 1. The van der Waals surface area contributed by atoms with E-state index in [2.05, 4.69) is 0 Å². The number of hydrogen-bond donors (Lipinski definition) is 0. The summed E-state index contributed by atoms with van der Waals surface area (Å²) in [5.74, 6) is 0.154. The minimum Gasteiger partial charge on any atom is -1.00 e. The van der Waals surface area contributed by atoms with Crippen molar-refractivity contribution in [1.82, 2.24) is 4.90 Å². The molecule has 1 aromatic heterocycles. The fraction of sp³-hybridized carbons (Fsp3) is 0.400. The Bertz CT molecular complexity index is 313. The summed E-state index contributed by atoms with van der Waals surface area (Å²) in [7, 11) is 5.69. The highest BCUT2D eigenvalue weighted by atomic mass is 127. The molecule has 1 rings (SSSR count). The predicted molar refractivity (Wildman–Crippen MR) is 50.5 cm³/mol. The van der Waals surface area contributed by atoms with Crippen LogP contribution in [0, 0.1) is 0 Å². The highest BCUT2D eigenvalue weighted by Gasteiger charge is 2.09. The van der Waals surface area contributed by atoms with Gasteiger partial charge in [-0.25, -0.2) is 4.57 Å². The molecule has 14 heavy (non-hydrogen) atoms. The maximum atomic E-state index is 11.6. The SMILES string of the molecule is CN(C)CC(=O)c1ccc[n+](C)c1.[I-]. The first-order valence-corrected chi connectivity index (χ1v) is 4.23. The Morgan fingerprint density at radius 2 is 2.14 bits per heavy atom. The van der Waals surface area contributed by atoms with Crippen molar-refractivity contribution in [3.63, 3.8) is 0 Å². The minimum atomic E-state index is 0. The van der Waals surface area contributed by atoms with Crippen LogP contribution in [0.3, 0.4) is 0 Å². The molecule has 78 valence electrons. The van der Waals surface area contributed by atoms with Crippen LogP contribution in [-0.2, 0) is 7.05 Å². The van der Waals surface area contributed by atoms with E-state index in [1.807, 2.05) is 55.1 Å². The van der Waals surface area contributed by atoms with Crippen molar-refractivity contribution in [3.8, 4) is 0 Å². The van der Waals surface area contributed by atoms with Gasteiger partial charge < -0.3 is 28.9 Å². The first-order valence-electron chi connectivity index (χ1n) is 4.23. The van der Waals surface area contributed by atoms with Crippen LogP contribution in [0.25, 0.3) is 0 Å². The Morgan fingerprint density at radius 1 is 1.50 bits per heavy atom. The third-order valence-electron chi connectivity index (χ3n) is 1.72. The number of nitrogens with zero attached hydrogens (tertiary/aromatic N) is 2. The molecule has 0 amide bonds. The molecule has 0 atom stereocenters. The van der Waals surface area contributed by atoms with Crippen LogP contribution in [0.2, 0.25) is 0 Å². The van der Waals surface area contributed by atoms with Crippen LogP contribution in [0.1, 0.15) is 10.4 Å². The predicted octanol–water partition coefficient (Wildman–Crippen LogP) is -2.74. The Kier molecular flexibility index (Phi) is 5.87. The molecule has 1 aromatic rings. The number of aryl methyl sites for hydroxylation is 1. The van der Waals surface area contributed by atoms with Gasteiger partial charge in [0.05, 0.1) is 12.1 Å². The number of Topliss-reactive ketones (excluding diaryl/α,β-unsaturated/α-hetero) is 1. The van der Waals surface area contributed by atoms with E-state index in [-0.39, 0.29) is 29.8 Å². The molecule has 0 radical (unpaired) electrons. The lowest BCUT2D eigenvalue weighted by Gasteiger charge is -2.06. The number of pyridine rings is 1. The molecule has 0 aliphatic heterocycles. The molecular formula is C10H15IN2O. The molecule has 0 spiro atoms. The number of halogens is 1. The fourth-order valence-electron chi connectivity index (χ4n) is 1.13. The summed E-state index contributed by atoms with van der Waals surface area (Å²) in [5, 5.41) is 0. The maximum absolute atomic E-state index is 11.6. The number of likely N-dealkylation sites (N-methyl/N-ethyl adjacent to an activating group) is 1. The largest absolute Gasteiger partial charge is 1.00 e. The lowest BCUT2D eigenvalue weighted by molar-refractivity contribution is -0.671. The molecule has 0 aliphatic carbocycles. The number of aromatic nitrogens is 1. The lowest BCUT2D eigenvalue weighted by Crippen LogP contribution is -3.00. The molecule has 4 heteroatoms. The molecule has 0 N–H and O–H groups in total. The van der Waals surface area contributed by atoms with Gasteiger partial charge in [-0.2, -0.15) is 0 Å². The van der Waals surface area contributed by atoms with E-state index in [4.69, 9.17) is 0 Å². The van der Waals surface area contributed by atoms with Gasteiger partial charge in [-0.15, -0.1) is 0 Å². The molecule has 0 aromatic carbocycles. The quantitative estimate of drug-likeness (QED) is 0.344. The second-order valence-electron chi connectivity index (χ2n) is 3.42. The van der Waals surface area contributed by atoms with Crippen molar-refractivity contribution in [2.75, 3.05) is 20.6 Å². The van der Waals surface area contributed by atoms with E-state index < -0.39 is 0 Å². The highest BCUT2D eigenvalue weighted by Crippen LogP contribution is 1.96. The second kappa shape index (κ2) is 6.08. The van der Waals surface area contributed by atoms with Gasteiger partial charge in [0.1, 0.15) is 7.05 Å². The van der Waals surface area contributed by atoms with Crippen LogP contribution < -0.4 is 28.5 Å². The van der Waals surface area contributed by atoms with Gasteiger partial charge >= 0.3 is 0 Å². The lowest BCUT2D eigenvalue weighted by atomic mass is 10.2. The van der Waals surface area contributed by atoms with Crippen LogP contribution in [0.4, 0.5) is 0 Å². The topological polar surface area (TPSA) is 24.2 Å². The first-order chi connectivity index (χ1) is 6.09. The van der Waals surface area contributed by atoms with Gasteiger partial charge in [0, 0.05) is 6.07 Å². The maximum Gasteiger partial charge on any atom is 0.182 e. The van der Waals surface area contributed by atoms with Crippen molar-refractivity contribution < 1.29 is 33.3 Å². The van der Waals surface area contributed by atoms with Crippen LogP contribution in [0.15, 0.2) is 24.5 Å². The number of rotatable bonds is 3. The molecule has 0 fully saturated rings. The van der Waals surface area contributed by atoms with Crippen molar-refractivity contribution in [1.29, 1.82) is 0 Å². The molecule has 0 aliphatic rings. The summed E-state index contributed by atoms with van der Waals surface area (Å²) in [6, 6.07) is 3.72. The fourth-order valence-corrected chi connectivity index (χ4v) is 1.13. The Balaban J connectivity index is 0.00000169. The van der Waals surface area contributed by atoms with Crippen LogP contribution in [0.5, 0.6) is 0 Å². The number of carbonyl (C=O) groups excluding carboxylic acids is 1. The van der Waals surface area contributed by atoms with E-state index in [9.17, 15) is 4.79 Å². The van der Waals surface area contributed by atoms with Gasteiger partial charge in [-0.3, -0.25) is 4.79 Å². The zero-order valence-corrected chi connectivity index (χ0v) is 10.9. The summed E-state index contributed by atoms with van der Waals surface area (Å²) >= 11 is 0. The zero-order chi connectivity index (χ0) is 9.84. The van der Waals surface area contributed by atoms with Gasteiger partial charge in [0.2, 0.25) is 0 Å². The molecule has 0 saturated carbocycles. The minimum absolute atomic E-state index is 0. The second-order valence-corrected chi connectivity index (χ2v) is 3.42. The number of carbonyl (C=O) groups is 1. The van der Waals surface area contributed by atoms with E-state index in [0.29, 0.717) is 6.54 Å². The average molecular weight is 306 g/mol. The van der Waals surface area contributed by atoms with Crippen molar-refractivity contribution in [2.45, 2.75) is 0 Å². The molecule has 0 saturated heterocycles. The molecular weight excluding hydrogens is 291 g/mol. The van der Waals surface area contributed by atoms with E-state index in [0.717, 1.165) is 5.56 Å². The van der Waals surface area contributed by atoms with E-state index >= 15 is 0 Å². The standard InChI is InChI=1S/C10H15N2O.HI/c1-11(2)8-10(13)9-5-4-6-12(3)7-9;/h4-7H,8H2,1-3H3;1H/q+1;/p-1. The van der Waals surface area contributed by atoms with Gasteiger partial charge in [-0.1, -0.05) is 0 Å². The summed E-state index contributed by atoms with van der Waals surface area (Å²) in [6.45, 7) is 0.462. The molecule has 3 nitrogen and oxygen atoms in total. The first kappa shape index (κ1) is 13.5. The summed E-state index contributed by atoms with van der Waals surface area (Å²) in [6.07, 6.45) is 3.75. The third-order valence-corrected chi connectivity index (χ3v) is 1.72. The summed E-state index contributed by atoms with van der Waals surface area (Å²) < 4.78 is 1.88. The highest BCUT2D eigenvalue weighted by molar-refractivity contribution is 5.97. The van der Waals surface area contributed by atoms with E-state index in [1.165, 1.54) is 0 Å². The Labute approximate surface area is 102 Å². The zero-order valence-electron chi connectivity index (χ0n) is 8.70. The van der Waals surface area contributed by atoms with Crippen molar-refractivity contribution >= 4 is 5.78 Å². The van der Waals surface area contributed by atoms with Crippen molar-refractivity contribution in [3.05, 3.63) is 30.1 Å². The van der Waals surface area contributed by atoms with Gasteiger partial charge in [0.25, 0.3) is 0 Å². The average Bonchev–Trinajstić information content (AvgIpc) is 2.03. The normalized spacial score (nSPS) is 9.71. The van der Waals surface area contributed by atoms with E-state index in [1.54, 1.807) is 0 Å². The van der Waals surface area contributed by atoms with Crippen LogP contribution in [-0.4, -0.2) is 31.3 Å². The smallest absolute Gasteiger partial charge is 0.182 e. The van der Waals surface area contributed by atoms with Gasteiger partial charge in [-0.05, 0) is 20.2 Å². The Morgan fingerprint density at radius 3 is 2.64 bits per heavy atom.